The summed E-state index contributed by atoms with van der Waals surface area (Å²) in [7, 11) is 1.40. The lowest BCUT2D eigenvalue weighted by Gasteiger charge is -1.95. The van der Waals surface area contributed by atoms with Crippen molar-refractivity contribution in [1.82, 2.24) is 20.6 Å². The molecule has 1 N–H and O–H groups in total. The van der Waals surface area contributed by atoms with Crippen LogP contribution in [-0.4, -0.2) is 33.7 Å². The minimum absolute atomic E-state index is 0.170. The third-order valence-corrected chi connectivity index (χ3v) is 2.27. The Balaban J connectivity index is 1.86. The molecule has 0 aliphatic heterocycles. The molecule has 6 nitrogen and oxygen atoms in total. The molecule has 0 saturated heterocycles. The molecule has 2 unspecified atom stereocenters. The van der Waals surface area contributed by atoms with Crippen LogP contribution in [0.15, 0.2) is 0 Å². The summed E-state index contributed by atoms with van der Waals surface area (Å²) in [6, 6.07) is 0. The first-order valence-electron chi connectivity index (χ1n) is 4.11. The van der Waals surface area contributed by atoms with E-state index in [-0.39, 0.29) is 11.9 Å². The van der Waals surface area contributed by atoms with Crippen LogP contribution in [0.5, 0.6) is 0 Å². The summed E-state index contributed by atoms with van der Waals surface area (Å²) in [6.07, 6.45) is 1.41. The van der Waals surface area contributed by atoms with Gasteiger partial charge in [0.05, 0.1) is 7.11 Å². The van der Waals surface area contributed by atoms with Gasteiger partial charge in [-0.2, -0.15) is 5.21 Å². The van der Waals surface area contributed by atoms with Crippen molar-refractivity contribution in [1.29, 1.82) is 0 Å². The van der Waals surface area contributed by atoms with E-state index in [4.69, 9.17) is 0 Å². The molecule has 0 aromatic carbocycles. The highest BCUT2D eigenvalue weighted by atomic mass is 16.5. The molecule has 1 aliphatic carbocycles. The minimum Gasteiger partial charge on any atom is -0.469 e. The Kier molecular flexibility index (Phi) is 1.96. The topological polar surface area (TPSA) is 80.8 Å². The number of ether oxygens (including phenoxy) is 1. The van der Waals surface area contributed by atoms with Crippen LogP contribution in [0.4, 0.5) is 0 Å². The van der Waals surface area contributed by atoms with Crippen LogP contribution in [0.3, 0.4) is 0 Å². The average Bonchev–Trinajstić information content (AvgIpc) is 2.68. The van der Waals surface area contributed by atoms with E-state index in [0.29, 0.717) is 18.2 Å². The molecular formula is C7H10N4O2. The van der Waals surface area contributed by atoms with Crippen LogP contribution < -0.4 is 0 Å². The number of aromatic nitrogens is 4. The predicted molar refractivity (Wildman–Crippen MR) is 41.7 cm³/mol. The molecule has 0 amide bonds. The van der Waals surface area contributed by atoms with Crippen molar-refractivity contribution in [2.24, 2.45) is 5.92 Å². The van der Waals surface area contributed by atoms with Gasteiger partial charge in [0.2, 0.25) is 0 Å². The molecule has 6 heteroatoms. The molecule has 13 heavy (non-hydrogen) atoms. The Hall–Kier alpha value is -1.46. The van der Waals surface area contributed by atoms with Gasteiger partial charge in [-0.15, -0.1) is 10.2 Å². The predicted octanol–water partition coefficient (Wildman–Crippen LogP) is -0.134. The van der Waals surface area contributed by atoms with Crippen LogP contribution in [0.25, 0.3) is 0 Å². The monoisotopic (exact) mass is 182 g/mol. The molecule has 0 spiro atoms. The molecule has 0 bridgehead atoms. The van der Waals surface area contributed by atoms with E-state index in [2.05, 4.69) is 25.4 Å². The van der Waals surface area contributed by atoms with Gasteiger partial charge < -0.3 is 4.74 Å². The number of nitrogens with zero attached hydrogens (tertiary/aromatic N) is 3. The van der Waals surface area contributed by atoms with Gasteiger partial charge in [-0.05, 0) is 12.3 Å². The Labute approximate surface area is 74.7 Å². The Morgan fingerprint density at radius 3 is 3.23 bits per heavy atom. The van der Waals surface area contributed by atoms with Crippen molar-refractivity contribution < 1.29 is 9.53 Å². The summed E-state index contributed by atoms with van der Waals surface area (Å²) in [5.41, 5.74) is 0. The van der Waals surface area contributed by atoms with E-state index >= 15 is 0 Å². The molecule has 70 valence electrons. The normalized spacial score (nSPS) is 25.6. The molecule has 1 fully saturated rings. The van der Waals surface area contributed by atoms with Crippen molar-refractivity contribution in [3.8, 4) is 0 Å². The van der Waals surface area contributed by atoms with Crippen molar-refractivity contribution in [2.45, 2.75) is 18.8 Å². The first-order chi connectivity index (χ1) is 6.31. The molecule has 2 rings (SSSR count). The van der Waals surface area contributed by atoms with Gasteiger partial charge >= 0.3 is 5.97 Å². The summed E-state index contributed by atoms with van der Waals surface area (Å²) in [5, 5.41) is 13.6. The molecule has 1 heterocycles. The fourth-order valence-corrected chi connectivity index (χ4v) is 1.41. The van der Waals surface area contributed by atoms with E-state index < -0.39 is 0 Å². The quantitative estimate of drug-likeness (QED) is 0.658. The highest BCUT2D eigenvalue weighted by molar-refractivity contribution is 5.70. The number of carbonyl (C=O) groups excluding carboxylic acids is 1. The third kappa shape index (κ3) is 1.66. The van der Waals surface area contributed by atoms with Gasteiger partial charge in [0.1, 0.15) is 0 Å². The number of methoxy groups -OCH3 is 1. The van der Waals surface area contributed by atoms with Crippen LogP contribution in [0.1, 0.15) is 24.6 Å². The highest BCUT2D eigenvalue weighted by Gasteiger charge is 2.42. The number of aromatic amines is 1. The maximum atomic E-state index is 10.9. The minimum atomic E-state index is -0.170. The number of nitrogens with one attached hydrogen (secondary N) is 1. The van der Waals surface area contributed by atoms with E-state index in [1.807, 2.05) is 0 Å². The Morgan fingerprint density at radius 2 is 2.62 bits per heavy atom. The zero-order chi connectivity index (χ0) is 9.26. The summed E-state index contributed by atoms with van der Waals surface area (Å²) in [4.78, 5) is 10.9. The number of carbonyl (C=O) groups is 1. The molecule has 1 saturated carbocycles. The smallest absolute Gasteiger partial charge is 0.305 e. The lowest BCUT2D eigenvalue weighted by molar-refractivity contribution is -0.141. The largest absolute Gasteiger partial charge is 0.469 e. The second kappa shape index (κ2) is 3.12. The van der Waals surface area contributed by atoms with Crippen molar-refractivity contribution in [3.63, 3.8) is 0 Å². The second-order valence-corrected chi connectivity index (χ2v) is 3.15. The van der Waals surface area contributed by atoms with Crippen LogP contribution in [0, 0.1) is 5.92 Å². The number of rotatable bonds is 3. The van der Waals surface area contributed by atoms with Gasteiger partial charge in [-0.3, -0.25) is 4.79 Å². The molecule has 2 atom stereocenters. The number of hydrogen-bond acceptors (Lipinski definition) is 5. The fourth-order valence-electron chi connectivity index (χ4n) is 1.41. The van der Waals surface area contributed by atoms with Crippen molar-refractivity contribution in [3.05, 3.63) is 5.82 Å². The molecular weight excluding hydrogens is 172 g/mol. The van der Waals surface area contributed by atoms with E-state index in [1.54, 1.807) is 0 Å². The SMILES string of the molecule is COC(=O)CC1CC1c1nn[nH]n1. The van der Waals surface area contributed by atoms with Crippen molar-refractivity contribution >= 4 is 5.97 Å². The molecule has 1 aromatic rings. The van der Waals surface area contributed by atoms with E-state index in [1.165, 1.54) is 7.11 Å². The zero-order valence-corrected chi connectivity index (χ0v) is 7.23. The second-order valence-electron chi connectivity index (χ2n) is 3.15. The summed E-state index contributed by atoms with van der Waals surface area (Å²) >= 11 is 0. The zero-order valence-electron chi connectivity index (χ0n) is 7.23. The van der Waals surface area contributed by atoms with Crippen molar-refractivity contribution in [2.75, 3.05) is 7.11 Å². The van der Waals surface area contributed by atoms with Gasteiger partial charge in [-0.1, -0.05) is 5.21 Å². The van der Waals surface area contributed by atoms with Gasteiger partial charge in [0.25, 0.3) is 0 Å². The first kappa shape index (κ1) is 8.15. The lowest BCUT2D eigenvalue weighted by Crippen LogP contribution is -2.01. The number of H-pyrrole nitrogens is 1. The van der Waals surface area contributed by atoms with Crippen LogP contribution in [0.2, 0.25) is 0 Å². The van der Waals surface area contributed by atoms with E-state index in [9.17, 15) is 4.79 Å². The highest BCUT2D eigenvalue weighted by Crippen LogP contribution is 2.47. The lowest BCUT2D eigenvalue weighted by atomic mass is 10.2. The number of tetrazole rings is 1. The van der Waals surface area contributed by atoms with Gasteiger partial charge in [-0.25, -0.2) is 0 Å². The maximum absolute atomic E-state index is 10.9. The standard InChI is InChI=1S/C7H10N4O2/c1-13-6(12)3-4-2-5(4)7-8-10-11-9-7/h4-5H,2-3H2,1H3,(H,8,9,10,11). The summed E-state index contributed by atoms with van der Waals surface area (Å²) in [5.74, 6) is 1.16. The first-order valence-corrected chi connectivity index (χ1v) is 4.11. The maximum Gasteiger partial charge on any atom is 0.305 e. The number of hydrogen-bond donors (Lipinski definition) is 1. The van der Waals surface area contributed by atoms with Crippen LogP contribution in [-0.2, 0) is 9.53 Å². The Morgan fingerprint density at radius 1 is 1.77 bits per heavy atom. The molecule has 1 aromatic heterocycles. The van der Waals surface area contributed by atoms with Gasteiger partial charge in [0.15, 0.2) is 5.82 Å². The van der Waals surface area contributed by atoms with E-state index in [0.717, 1.165) is 6.42 Å². The Bertz CT molecular complexity index is 297. The molecule has 0 radical (unpaired) electrons. The number of esters is 1. The fraction of sp³-hybridized carbons (Fsp3) is 0.714. The average molecular weight is 182 g/mol. The summed E-state index contributed by atoms with van der Waals surface area (Å²) in [6.45, 7) is 0. The third-order valence-electron chi connectivity index (χ3n) is 2.27. The van der Waals surface area contributed by atoms with Crippen LogP contribution >= 0.6 is 0 Å². The van der Waals surface area contributed by atoms with Gasteiger partial charge in [0, 0.05) is 12.3 Å². The summed E-state index contributed by atoms with van der Waals surface area (Å²) < 4.78 is 4.56. The molecule has 1 aliphatic rings.